The van der Waals surface area contributed by atoms with E-state index in [2.05, 4.69) is 14.9 Å². The standard InChI is InChI=1S/C16H15ClN4/c1-21(9-11-3-2-4-12(17)7-11)16-14-6-5-13(18)8-15(14)19-10-20-16/h2-8,10H,9,18H2,1H3. The van der Waals surface area contributed by atoms with Gasteiger partial charge in [0.15, 0.2) is 0 Å². The van der Waals surface area contributed by atoms with Gasteiger partial charge in [0, 0.05) is 29.7 Å². The average molecular weight is 299 g/mol. The van der Waals surface area contributed by atoms with Crippen LogP contribution in [0, 0.1) is 0 Å². The molecule has 5 heteroatoms. The minimum atomic E-state index is 0.699. The second kappa shape index (κ2) is 5.58. The molecule has 0 aliphatic carbocycles. The molecule has 3 aromatic rings. The van der Waals surface area contributed by atoms with Gasteiger partial charge < -0.3 is 10.6 Å². The zero-order valence-electron chi connectivity index (χ0n) is 11.6. The SMILES string of the molecule is CN(Cc1cccc(Cl)c1)c1ncnc2cc(N)ccc12. The Balaban J connectivity index is 1.96. The molecule has 1 heterocycles. The first-order chi connectivity index (χ1) is 10.1. The molecule has 2 N–H and O–H groups in total. The van der Waals surface area contributed by atoms with Gasteiger partial charge in [-0.25, -0.2) is 9.97 Å². The van der Waals surface area contributed by atoms with Crippen LogP contribution >= 0.6 is 11.6 Å². The second-order valence-corrected chi connectivity index (χ2v) is 5.40. The summed E-state index contributed by atoms with van der Waals surface area (Å²) in [6.45, 7) is 0.719. The van der Waals surface area contributed by atoms with Crippen molar-refractivity contribution in [1.29, 1.82) is 0 Å². The molecule has 0 saturated heterocycles. The number of nitrogens with zero attached hydrogens (tertiary/aromatic N) is 3. The number of aromatic nitrogens is 2. The summed E-state index contributed by atoms with van der Waals surface area (Å²) >= 11 is 6.03. The topological polar surface area (TPSA) is 55.0 Å². The molecular formula is C16H15ClN4. The fourth-order valence-electron chi connectivity index (χ4n) is 2.35. The summed E-state index contributed by atoms with van der Waals surface area (Å²) in [5.41, 5.74) is 8.48. The zero-order chi connectivity index (χ0) is 14.8. The van der Waals surface area contributed by atoms with Crippen LogP contribution in [0.5, 0.6) is 0 Å². The molecule has 0 spiro atoms. The van der Waals surface area contributed by atoms with Crippen LogP contribution in [-0.2, 0) is 6.54 Å². The minimum Gasteiger partial charge on any atom is -0.399 e. The molecule has 0 saturated carbocycles. The number of benzene rings is 2. The Hall–Kier alpha value is -2.33. The third-order valence-corrected chi connectivity index (χ3v) is 3.54. The molecule has 0 unspecified atom stereocenters. The van der Waals surface area contributed by atoms with Gasteiger partial charge in [0.1, 0.15) is 12.1 Å². The first-order valence-electron chi connectivity index (χ1n) is 6.59. The van der Waals surface area contributed by atoms with E-state index in [0.29, 0.717) is 5.69 Å². The van der Waals surface area contributed by atoms with E-state index in [1.807, 2.05) is 49.5 Å². The largest absolute Gasteiger partial charge is 0.399 e. The lowest BCUT2D eigenvalue weighted by molar-refractivity contribution is 0.900. The molecule has 0 aliphatic rings. The van der Waals surface area contributed by atoms with Gasteiger partial charge in [0.2, 0.25) is 0 Å². The van der Waals surface area contributed by atoms with E-state index in [-0.39, 0.29) is 0 Å². The number of fused-ring (bicyclic) bond motifs is 1. The van der Waals surface area contributed by atoms with Crippen molar-refractivity contribution in [3.05, 3.63) is 59.4 Å². The number of hydrogen-bond donors (Lipinski definition) is 1. The van der Waals surface area contributed by atoms with Gasteiger partial charge in [0.25, 0.3) is 0 Å². The summed E-state index contributed by atoms with van der Waals surface area (Å²) < 4.78 is 0. The van der Waals surface area contributed by atoms with Crippen LogP contribution in [-0.4, -0.2) is 17.0 Å². The summed E-state index contributed by atoms with van der Waals surface area (Å²) in [5, 5.41) is 1.72. The van der Waals surface area contributed by atoms with Crippen LogP contribution in [0.15, 0.2) is 48.8 Å². The molecule has 106 valence electrons. The van der Waals surface area contributed by atoms with Crippen molar-refractivity contribution >= 4 is 34.0 Å². The fraction of sp³-hybridized carbons (Fsp3) is 0.125. The third kappa shape index (κ3) is 2.90. The number of halogens is 1. The molecule has 4 nitrogen and oxygen atoms in total. The second-order valence-electron chi connectivity index (χ2n) is 4.96. The highest BCUT2D eigenvalue weighted by Gasteiger charge is 2.09. The van der Waals surface area contributed by atoms with Crippen LogP contribution < -0.4 is 10.6 Å². The van der Waals surface area contributed by atoms with Crippen molar-refractivity contribution in [2.75, 3.05) is 17.7 Å². The maximum absolute atomic E-state index is 6.03. The quantitative estimate of drug-likeness (QED) is 0.752. The van der Waals surface area contributed by atoms with E-state index in [9.17, 15) is 0 Å². The summed E-state index contributed by atoms with van der Waals surface area (Å²) in [4.78, 5) is 10.7. The molecule has 1 aromatic heterocycles. The molecular weight excluding hydrogens is 284 g/mol. The molecule has 0 aliphatic heterocycles. The van der Waals surface area contributed by atoms with Gasteiger partial charge in [-0.3, -0.25) is 0 Å². The van der Waals surface area contributed by atoms with Crippen molar-refractivity contribution < 1.29 is 0 Å². The number of nitrogen functional groups attached to an aromatic ring is 1. The maximum atomic E-state index is 6.03. The van der Waals surface area contributed by atoms with Crippen molar-refractivity contribution in [2.45, 2.75) is 6.54 Å². The lowest BCUT2D eigenvalue weighted by atomic mass is 10.2. The monoisotopic (exact) mass is 298 g/mol. The van der Waals surface area contributed by atoms with Crippen molar-refractivity contribution in [3.63, 3.8) is 0 Å². The Morgan fingerprint density at radius 2 is 2.00 bits per heavy atom. The summed E-state index contributed by atoms with van der Waals surface area (Å²) in [7, 11) is 2.00. The molecule has 2 aromatic carbocycles. The number of rotatable bonds is 3. The van der Waals surface area contributed by atoms with Gasteiger partial charge >= 0.3 is 0 Å². The van der Waals surface area contributed by atoms with E-state index < -0.39 is 0 Å². The Bertz CT molecular complexity index is 788. The molecule has 0 radical (unpaired) electrons. The van der Waals surface area contributed by atoms with Gasteiger partial charge in [-0.2, -0.15) is 0 Å². The summed E-state index contributed by atoms with van der Waals surface area (Å²) in [5.74, 6) is 0.875. The predicted octanol–water partition coefficient (Wildman–Crippen LogP) is 3.50. The van der Waals surface area contributed by atoms with Crippen LogP contribution in [0.3, 0.4) is 0 Å². The Morgan fingerprint density at radius 1 is 1.14 bits per heavy atom. The van der Waals surface area contributed by atoms with Gasteiger partial charge in [-0.05, 0) is 35.9 Å². The van der Waals surface area contributed by atoms with E-state index in [4.69, 9.17) is 17.3 Å². The molecule has 0 amide bonds. The Labute approximate surface area is 128 Å². The highest BCUT2D eigenvalue weighted by atomic mass is 35.5. The smallest absolute Gasteiger partial charge is 0.139 e. The van der Waals surface area contributed by atoms with Crippen molar-refractivity contribution in [1.82, 2.24) is 9.97 Å². The highest BCUT2D eigenvalue weighted by Crippen LogP contribution is 2.25. The molecule has 0 atom stereocenters. The molecule has 0 bridgehead atoms. The molecule has 0 fully saturated rings. The van der Waals surface area contributed by atoms with Gasteiger partial charge in [0.05, 0.1) is 5.52 Å². The molecule has 3 rings (SSSR count). The first kappa shape index (κ1) is 13.6. The number of nitrogens with two attached hydrogens (primary N) is 1. The predicted molar refractivity (Wildman–Crippen MR) is 87.5 cm³/mol. The van der Waals surface area contributed by atoms with Crippen LogP contribution in [0.1, 0.15) is 5.56 Å². The van der Waals surface area contributed by atoms with Crippen LogP contribution in [0.4, 0.5) is 11.5 Å². The van der Waals surface area contributed by atoms with Crippen LogP contribution in [0.2, 0.25) is 5.02 Å². The van der Waals surface area contributed by atoms with E-state index >= 15 is 0 Å². The zero-order valence-corrected chi connectivity index (χ0v) is 12.4. The van der Waals surface area contributed by atoms with Gasteiger partial charge in [-0.1, -0.05) is 23.7 Å². The fourth-order valence-corrected chi connectivity index (χ4v) is 2.56. The van der Waals surface area contributed by atoms with Gasteiger partial charge in [-0.15, -0.1) is 0 Å². The van der Waals surface area contributed by atoms with E-state index in [1.54, 1.807) is 6.33 Å². The van der Waals surface area contributed by atoms with Crippen molar-refractivity contribution in [2.24, 2.45) is 0 Å². The Kier molecular flexibility index (Phi) is 3.62. The average Bonchev–Trinajstić information content (AvgIpc) is 2.46. The van der Waals surface area contributed by atoms with Crippen molar-refractivity contribution in [3.8, 4) is 0 Å². The van der Waals surface area contributed by atoms with E-state index in [1.165, 1.54) is 0 Å². The van der Waals surface area contributed by atoms with Crippen LogP contribution in [0.25, 0.3) is 10.9 Å². The summed E-state index contributed by atoms with van der Waals surface area (Å²) in [6, 6.07) is 13.5. The summed E-state index contributed by atoms with van der Waals surface area (Å²) in [6.07, 6.45) is 1.56. The lowest BCUT2D eigenvalue weighted by Gasteiger charge is -2.20. The maximum Gasteiger partial charge on any atom is 0.139 e. The normalized spacial score (nSPS) is 10.8. The first-order valence-corrected chi connectivity index (χ1v) is 6.97. The Morgan fingerprint density at radius 3 is 2.81 bits per heavy atom. The highest BCUT2D eigenvalue weighted by molar-refractivity contribution is 6.30. The third-order valence-electron chi connectivity index (χ3n) is 3.31. The number of hydrogen-bond acceptors (Lipinski definition) is 4. The lowest BCUT2D eigenvalue weighted by Crippen LogP contribution is -2.18. The minimum absolute atomic E-state index is 0.699. The molecule has 21 heavy (non-hydrogen) atoms. The number of anilines is 2. The van der Waals surface area contributed by atoms with E-state index in [0.717, 1.165) is 33.9 Å².